The highest BCUT2D eigenvalue weighted by molar-refractivity contribution is 5.94. The maximum absolute atomic E-state index is 12.4. The minimum absolute atomic E-state index is 0.224. The molecule has 1 N–H and O–H groups in total. The predicted molar refractivity (Wildman–Crippen MR) is 101 cm³/mol. The lowest BCUT2D eigenvalue weighted by Crippen LogP contribution is -2.30. The molecule has 0 aliphatic carbocycles. The van der Waals surface area contributed by atoms with Crippen molar-refractivity contribution in [3.63, 3.8) is 0 Å². The van der Waals surface area contributed by atoms with Crippen molar-refractivity contribution in [2.24, 2.45) is 0 Å². The van der Waals surface area contributed by atoms with E-state index in [0.29, 0.717) is 17.1 Å². The largest absolute Gasteiger partial charge is 0.481 e. The van der Waals surface area contributed by atoms with Crippen molar-refractivity contribution in [3.8, 4) is 17.0 Å². The molecule has 4 aromatic rings. The third-order valence-electron chi connectivity index (χ3n) is 4.01. The van der Waals surface area contributed by atoms with Gasteiger partial charge in [-0.15, -0.1) is 10.2 Å². The van der Waals surface area contributed by atoms with Crippen molar-refractivity contribution in [2.75, 3.05) is 5.32 Å². The highest BCUT2D eigenvalue weighted by Crippen LogP contribution is 2.21. The number of hydrogen-bond acceptors (Lipinski definition) is 5. The van der Waals surface area contributed by atoms with E-state index in [4.69, 9.17) is 4.74 Å². The highest BCUT2D eigenvalue weighted by atomic mass is 16.5. The summed E-state index contributed by atoms with van der Waals surface area (Å²) in [4.78, 5) is 12.4. The van der Waals surface area contributed by atoms with E-state index in [9.17, 15) is 4.79 Å². The van der Waals surface area contributed by atoms with E-state index in [0.717, 1.165) is 11.3 Å². The van der Waals surface area contributed by atoms with E-state index in [1.807, 2.05) is 66.7 Å². The number of rotatable bonds is 5. The number of anilines is 1. The van der Waals surface area contributed by atoms with E-state index in [2.05, 4.69) is 20.6 Å². The molecule has 7 heteroatoms. The molecule has 0 aliphatic rings. The zero-order valence-electron chi connectivity index (χ0n) is 14.6. The molecular weight excluding hydrogens is 342 g/mol. The van der Waals surface area contributed by atoms with E-state index < -0.39 is 6.10 Å². The molecule has 1 unspecified atom stereocenters. The molecule has 0 aliphatic heterocycles. The summed E-state index contributed by atoms with van der Waals surface area (Å²) in [5, 5.41) is 15.1. The number of para-hydroxylation sites is 1. The van der Waals surface area contributed by atoms with Crippen LogP contribution in [0.4, 0.5) is 5.69 Å². The lowest BCUT2D eigenvalue weighted by Gasteiger charge is -2.15. The summed E-state index contributed by atoms with van der Waals surface area (Å²) in [6, 6.07) is 20.5. The van der Waals surface area contributed by atoms with Crippen LogP contribution in [0.2, 0.25) is 0 Å². The Hall–Kier alpha value is -3.74. The Balaban J connectivity index is 1.49. The molecule has 0 fully saturated rings. The molecule has 0 spiro atoms. The van der Waals surface area contributed by atoms with Gasteiger partial charge in [-0.1, -0.05) is 30.3 Å². The van der Waals surface area contributed by atoms with Gasteiger partial charge in [0.15, 0.2) is 11.8 Å². The standard InChI is InChI=1S/C20H17N5O2/c1-14(27-17-8-3-2-4-9-17)20(26)22-16-7-5-6-15(12-16)18-10-11-19-23-21-13-25(19)24-18/h2-14H,1H3,(H,22,26). The van der Waals surface area contributed by atoms with Crippen LogP contribution >= 0.6 is 0 Å². The van der Waals surface area contributed by atoms with Gasteiger partial charge in [0.05, 0.1) is 5.69 Å². The van der Waals surface area contributed by atoms with Crippen molar-refractivity contribution in [2.45, 2.75) is 13.0 Å². The average molecular weight is 359 g/mol. The second-order valence-electron chi connectivity index (χ2n) is 6.00. The van der Waals surface area contributed by atoms with Gasteiger partial charge < -0.3 is 10.1 Å². The first-order valence-corrected chi connectivity index (χ1v) is 8.49. The lowest BCUT2D eigenvalue weighted by atomic mass is 10.1. The summed E-state index contributed by atoms with van der Waals surface area (Å²) in [5.74, 6) is 0.429. The number of benzene rings is 2. The third kappa shape index (κ3) is 3.77. The molecule has 1 atom stereocenters. The number of ether oxygens (including phenoxy) is 1. The van der Waals surface area contributed by atoms with Crippen molar-refractivity contribution in [1.29, 1.82) is 0 Å². The first-order chi connectivity index (χ1) is 13.2. The Labute approximate surface area is 155 Å². The van der Waals surface area contributed by atoms with Crippen LogP contribution < -0.4 is 10.1 Å². The Morgan fingerprint density at radius 3 is 2.78 bits per heavy atom. The van der Waals surface area contributed by atoms with Crippen molar-refractivity contribution >= 4 is 17.2 Å². The summed E-state index contributed by atoms with van der Waals surface area (Å²) in [6.07, 6.45) is 0.926. The van der Waals surface area contributed by atoms with Crippen LogP contribution in [0.15, 0.2) is 73.1 Å². The Bertz CT molecular complexity index is 1080. The summed E-state index contributed by atoms with van der Waals surface area (Å²) in [5.41, 5.74) is 2.98. The number of fused-ring (bicyclic) bond motifs is 1. The fourth-order valence-corrected chi connectivity index (χ4v) is 2.64. The molecular formula is C20H17N5O2. The second kappa shape index (κ2) is 7.25. The second-order valence-corrected chi connectivity index (χ2v) is 6.00. The molecule has 2 aromatic heterocycles. The SMILES string of the molecule is CC(Oc1ccccc1)C(=O)Nc1cccc(-c2ccc3nncn3n2)c1. The zero-order chi connectivity index (χ0) is 18.6. The topological polar surface area (TPSA) is 81.4 Å². The molecule has 0 bridgehead atoms. The quantitative estimate of drug-likeness (QED) is 0.592. The van der Waals surface area contributed by atoms with Crippen LogP contribution in [0.5, 0.6) is 5.75 Å². The maximum atomic E-state index is 12.4. The Kier molecular flexibility index (Phi) is 4.49. The number of carbonyl (C=O) groups excluding carboxylic acids is 1. The van der Waals surface area contributed by atoms with Gasteiger partial charge in [0.1, 0.15) is 12.1 Å². The van der Waals surface area contributed by atoms with Crippen LogP contribution in [0, 0.1) is 0 Å². The highest BCUT2D eigenvalue weighted by Gasteiger charge is 2.15. The molecule has 4 rings (SSSR count). The number of aromatic nitrogens is 4. The Morgan fingerprint density at radius 1 is 1.07 bits per heavy atom. The van der Waals surface area contributed by atoms with Gasteiger partial charge in [-0.25, -0.2) is 0 Å². The number of nitrogens with one attached hydrogen (secondary N) is 1. The van der Waals surface area contributed by atoms with E-state index in [-0.39, 0.29) is 5.91 Å². The average Bonchev–Trinajstić information content (AvgIpc) is 3.17. The summed E-state index contributed by atoms with van der Waals surface area (Å²) < 4.78 is 7.27. The molecule has 27 heavy (non-hydrogen) atoms. The molecule has 7 nitrogen and oxygen atoms in total. The third-order valence-corrected chi connectivity index (χ3v) is 4.01. The first kappa shape index (κ1) is 16.7. The summed E-state index contributed by atoms with van der Waals surface area (Å²) >= 11 is 0. The van der Waals surface area contributed by atoms with E-state index in [1.165, 1.54) is 0 Å². The van der Waals surface area contributed by atoms with Gasteiger partial charge in [-0.05, 0) is 43.3 Å². The van der Waals surface area contributed by atoms with Crippen LogP contribution in [-0.4, -0.2) is 31.8 Å². The normalized spacial score (nSPS) is 11.9. The predicted octanol–water partition coefficient (Wildman–Crippen LogP) is 3.20. The minimum Gasteiger partial charge on any atom is -0.481 e. The molecule has 2 heterocycles. The fraction of sp³-hybridized carbons (Fsp3) is 0.100. The van der Waals surface area contributed by atoms with Gasteiger partial charge in [0.2, 0.25) is 0 Å². The van der Waals surface area contributed by atoms with Gasteiger partial charge in [0.25, 0.3) is 5.91 Å². The van der Waals surface area contributed by atoms with Crippen LogP contribution in [0.1, 0.15) is 6.92 Å². The van der Waals surface area contributed by atoms with Crippen LogP contribution in [0.25, 0.3) is 16.9 Å². The number of amides is 1. The van der Waals surface area contributed by atoms with Gasteiger partial charge in [-0.2, -0.15) is 9.61 Å². The molecule has 2 aromatic carbocycles. The van der Waals surface area contributed by atoms with Crippen LogP contribution in [0.3, 0.4) is 0 Å². The molecule has 0 radical (unpaired) electrons. The lowest BCUT2D eigenvalue weighted by molar-refractivity contribution is -0.122. The van der Waals surface area contributed by atoms with Crippen LogP contribution in [-0.2, 0) is 4.79 Å². The maximum Gasteiger partial charge on any atom is 0.265 e. The van der Waals surface area contributed by atoms with E-state index >= 15 is 0 Å². The summed E-state index contributed by atoms with van der Waals surface area (Å²) in [6.45, 7) is 1.72. The monoisotopic (exact) mass is 359 g/mol. The number of carbonyl (C=O) groups is 1. The van der Waals surface area contributed by atoms with Crippen molar-refractivity contribution < 1.29 is 9.53 Å². The van der Waals surface area contributed by atoms with Crippen molar-refractivity contribution in [1.82, 2.24) is 19.8 Å². The minimum atomic E-state index is -0.623. The van der Waals surface area contributed by atoms with Gasteiger partial charge >= 0.3 is 0 Å². The fourth-order valence-electron chi connectivity index (χ4n) is 2.64. The summed E-state index contributed by atoms with van der Waals surface area (Å²) in [7, 11) is 0. The molecule has 1 amide bonds. The number of hydrogen-bond donors (Lipinski definition) is 1. The molecule has 0 saturated heterocycles. The van der Waals surface area contributed by atoms with Gasteiger partial charge in [0, 0.05) is 11.3 Å². The van der Waals surface area contributed by atoms with E-state index in [1.54, 1.807) is 17.8 Å². The number of nitrogens with zero attached hydrogens (tertiary/aromatic N) is 4. The molecule has 0 saturated carbocycles. The molecule has 134 valence electrons. The van der Waals surface area contributed by atoms with Crippen molar-refractivity contribution in [3.05, 3.63) is 73.1 Å². The van der Waals surface area contributed by atoms with Gasteiger partial charge in [-0.3, -0.25) is 4.79 Å². The first-order valence-electron chi connectivity index (χ1n) is 8.49. The Morgan fingerprint density at radius 2 is 1.93 bits per heavy atom. The zero-order valence-corrected chi connectivity index (χ0v) is 14.6. The smallest absolute Gasteiger partial charge is 0.265 e.